The third-order valence-electron chi connectivity index (χ3n) is 3.76. The maximum absolute atomic E-state index is 2.51. The molecule has 0 fully saturated rings. The molecule has 0 rings (SSSR count). The van der Waals surface area contributed by atoms with Crippen molar-refractivity contribution in [1.29, 1.82) is 0 Å². The summed E-state index contributed by atoms with van der Waals surface area (Å²) in [6.45, 7) is 13.7. The molecule has 0 atom stereocenters. The van der Waals surface area contributed by atoms with E-state index < -0.39 is 0 Å². The van der Waals surface area contributed by atoms with Crippen molar-refractivity contribution in [1.82, 2.24) is 10.0 Å². The van der Waals surface area contributed by atoms with E-state index in [1.807, 2.05) is 0 Å². The zero-order valence-corrected chi connectivity index (χ0v) is 13.4. The number of rotatable bonds is 13. The molecule has 2 nitrogen and oxygen atoms in total. The number of nitrogens with zero attached hydrogens (tertiary/aromatic N) is 2. The lowest BCUT2D eigenvalue weighted by atomic mass is 10.1. The molecule has 0 saturated carbocycles. The second-order valence-electron chi connectivity index (χ2n) is 5.16. The third kappa shape index (κ3) is 8.93. The average Bonchev–Trinajstić information content (AvgIpc) is 2.40. The predicted octanol–water partition coefficient (Wildman–Crippen LogP) is 4.71. The third-order valence-corrected chi connectivity index (χ3v) is 3.76. The minimum absolute atomic E-state index is 1.14. The first-order valence-electron chi connectivity index (χ1n) is 8.29. The molecule has 0 spiro atoms. The predicted molar refractivity (Wildman–Crippen MR) is 82.8 cm³/mol. The zero-order chi connectivity index (χ0) is 13.6. The first-order valence-corrected chi connectivity index (χ1v) is 8.29. The van der Waals surface area contributed by atoms with Crippen molar-refractivity contribution in [2.24, 2.45) is 0 Å². The molecular formula is C16H36N2. The maximum Gasteiger partial charge on any atom is 0.0133 e. The smallest absolute Gasteiger partial charge is 0.0133 e. The summed E-state index contributed by atoms with van der Waals surface area (Å²) in [5.74, 6) is 0. The quantitative estimate of drug-likeness (QED) is 0.348. The van der Waals surface area contributed by atoms with E-state index in [1.54, 1.807) is 0 Å². The summed E-state index contributed by atoms with van der Waals surface area (Å²) in [6, 6.07) is 0. The van der Waals surface area contributed by atoms with Crippen molar-refractivity contribution in [3.8, 4) is 0 Å². The van der Waals surface area contributed by atoms with Crippen LogP contribution in [0.2, 0.25) is 0 Å². The van der Waals surface area contributed by atoms with E-state index in [4.69, 9.17) is 0 Å². The van der Waals surface area contributed by atoms with Gasteiger partial charge in [0.25, 0.3) is 0 Å². The van der Waals surface area contributed by atoms with E-state index in [2.05, 4.69) is 37.7 Å². The first-order chi connectivity index (χ1) is 8.79. The van der Waals surface area contributed by atoms with Gasteiger partial charge in [-0.15, -0.1) is 0 Å². The molecule has 0 saturated heterocycles. The van der Waals surface area contributed by atoms with Gasteiger partial charge in [0, 0.05) is 26.2 Å². The van der Waals surface area contributed by atoms with Gasteiger partial charge in [-0.3, -0.25) is 0 Å². The van der Waals surface area contributed by atoms with E-state index in [-0.39, 0.29) is 0 Å². The van der Waals surface area contributed by atoms with Gasteiger partial charge in [-0.2, -0.15) is 0 Å². The van der Waals surface area contributed by atoms with Crippen LogP contribution in [0.5, 0.6) is 0 Å². The van der Waals surface area contributed by atoms with Crippen LogP contribution >= 0.6 is 0 Å². The highest BCUT2D eigenvalue weighted by molar-refractivity contribution is 4.55. The van der Waals surface area contributed by atoms with E-state index >= 15 is 0 Å². The molecule has 0 aliphatic rings. The molecule has 110 valence electrons. The van der Waals surface area contributed by atoms with Crippen molar-refractivity contribution >= 4 is 0 Å². The minimum Gasteiger partial charge on any atom is -0.242 e. The largest absolute Gasteiger partial charge is 0.242 e. The first kappa shape index (κ1) is 17.9. The van der Waals surface area contributed by atoms with Crippen molar-refractivity contribution in [3.63, 3.8) is 0 Å². The lowest BCUT2D eigenvalue weighted by Gasteiger charge is -2.32. The monoisotopic (exact) mass is 256 g/mol. The van der Waals surface area contributed by atoms with Crippen LogP contribution < -0.4 is 0 Å². The standard InChI is InChI=1S/C16H36N2/c1-5-9-10-11-12-13-14-15-16-18(8-4)17(6-2)7-3/h5-16H2,1-4H3. The number of hydrazine groups is 1. The Morgan fingerprint density at radius 3 is 1.39 bits per heavy atom. The molecule has 0 bridgehead atoms. The summed E-state index contributed by atoms with van der Waals surface area (Å²) in [5, 5.41) is 4.97. The fourth-order valence-corrected chi connectivity index (χ4v) is 2.55. The van der Waals surface area contributed by atoms with Crippen LogP contribution in [-0.2, 0) is 0 Å². The van der Waals surface area contributed by atoms with Gasteiger partial charge in [0.05, 0.1) is 0 Å². The van der Waals surface area contributed by atoms with Crippen LogP contribution in [0.4, 0.5) is 0 Å². The average molecular weight is 256 g/mol. The molecule has 2 heteroatoms. The Bertz CT molecular complexity index is 155. The maximum atomic E-state index is 2.51. The molecule has 0 unspecified atom stereocenters. The molecule has 0 aliphatic carbocycles. The summed E-state index contributed by atoms with van der Waals surface area (Å²) in [4.78, 5) is 0. The Morgan fingerprint density at radius 2 is 0.944 bits per heavy atom. The van der Waals surface area contributed by atoms with Crippen LogP contribution in [0, 0.1) is 0 Å². The van der Waals surface area contributed by atoms with Crippen molar-refractivity contribution in [2.45, 2.75) is 79.1 Å². The van der Waals surface area contributed by atoms with Gasteiger partial charge in [-0.25, -0.2) is 10.0 Å². The van der Waals surface area contributed by atoms with Crippen LogP contribution in [0.25, 0.3) is 0 Å². The van der Waals surface area contributed by atoms with Crippen molar-refractivity contribution in [3.05, 3.63) is 0 Å². The van der Waals surface area contributed by atoms with Gasteiger partial charge in [0.1, 0.15) is 0 Å². The number of hydrogen-bond acceptors (Lipinski definition) is 2. The zero-order valence-electron chi connectivity index (χ0n) is 13.4. The van der Waals surface area contributed by atoms with Crippen LogP contribution in [-0.4, -0.2) is 36.2 Å². The van der Waals surface area contributed by atoms with E-state index in [0.29, 0.717) is 0 Å². The van der Waals surface area contributed by atoms with E-state index in [1.165, 1.54) is 57.9 Å². The van der Waals surface area contributed by atoms with Gasteiger partial charge in [-0.1, -0.05) is 72.6 Å². The molecule has 0 amide bonds. The molecule has 18 heavy (non-hydrogen) atoms. The van der Waals surface area contributed by atoms with E-state index in [9.17, 15) is 0 Å². The molecule has 0 aromatic carbocycles. The Balaban J connectivity index is 3.45. The summed E-state index contributed by atoms with van der Waals surface area (Å²) < 4.78 is 0. The Kier molecular flexibility index (Phi) is 13.3. The molecule has 0 aliphatic heterocycles. The molecular weight excluding hydrogens is 220 g/mol. The highest BCUT2D eigenvalue weighted by atomic mass is 15.6. The Hall–Kier alpha value is -0.0800. The normalized spacial score (nSPS) is 11.7. The molecule has 0 aromatic heterocycles. The lowest BCUT2D eigenvalue weighted by molar-refractivity contribution is -0.0129. The van der Waals surface area contributed by atoms with Crippen LogP contribution in [0.3, 0.4) is 0 Å². The summed E-state index contributed by atoms with van der Waals surface area (Å²) in [5.41, 5.74) is 0. The topological polar surface area (TPSA) is 6.48 Å². The molecule has 0 heterocycles. The minimum atomic E-state index is 1.14. The Labute approximate surface area is 116 Å². The SMILES string of the molecule is CCCCCCCCCCN(CC)N(CC)CC. The van der Waals surface area contributed by atoms with Crippen LogP contribution in [0.1, 0.15) is 79.1 Å². The summed E-state index contributed by atoms with van der Waals surface area (Å²) in [7, 11) is 0. The molecule has 0 aromatic rings. The van der Waals surface area contributed by atoms with Crippen molar-refractivity contribution < 1.29 is 0 Å². The van der Waals surface area contributed by atoms with Gasteiger partial charge in [0.2, 0.25) is 0 Å². The number of hydrogen-bond donors (Lipinski definition) is 0. The van der Waals surface area contributed by atoms with Gasteiger partial charge in [0.15, 0.2) is 0 Å². The highest BCUT2D eigenvalue weighted by Crippen LogP contribution is 2.09. The fourth-order valence-electron chi connectivity index (χ4n) is 2.55. The van der Waals surface area contributed by atoms with E-state index in [0.717, 1.165) is 19.6 Å². The van der Waals surface area contributed by atoms with Gasteiger partial charge in [-0.05, 0) is 6.42 Å². The molecule has 0 N–H and O–H groups in total. The summed E-state index contributed by atoms with van der Waals surface area (Å²) >= 11 is 0. The van der Waals surface area contributed by atoms with Gasteiger partial charge < -0.3 is 0 Å². The lowest BCUT2D eigenvalue weighted by Crippen LogP contribution is -2.42. The molecule has 0 radical (unpaired) electrons. The van der Waals surface area contributed by atoms with Crippen LogP contribution in [0.15, 0.2) is 0 Å². The summed E-state index contributed by atoms with van der Waals surface area (Å²) in [6.07, 6.45) is 11.3. The van der Waals surface area contributed by atoms with Crippen molar-refractivity contribution in [2.75, 3.05) is 26.2 Å². The Morgan fingerprint density at radius 1 is 0.500 bits per heavy atom. The van der Waals surface area contributed by atoms with Gasteiger partial charge >= 0.3 is 0 Å². The fraction of sp³-hybridized carbons (Fsp3) is 1.00. The second-order valence-corrected chi connectivity index (χ2v) is 5.16. The second kappa shape index (κ2) is 13.4. The number of unbranched alkanes of at least 4 members (excludes halogenated alkanes) is 7. The highest BCUT2D eigenvalue weighted by Gasteiger charge is 2.08.